The predicted molar refractivity (Wildman–Crippen MR) is 88.5 cm³/mol. The molecule has 0 aliphatic heterocycles. The molecule has 0 spiro atoms. The fourth-order valence-electron chi connectivity index (χ4n) is 2.43. The van der Waals surface area contributed by atoms with Gasteiger partial charge in [-0.2, -0.15) is 0 Å². The van der Waals surface area contributed by atoms with E-state index in [0.717, 1.165) is 9.13 Å². The maximum atomic E-state index is 12.5. The minimum atomic E-state index is 0.0238. The Morgan fingerprint density at radius 2 is 1.70 bits per heavy atom. The standard InChI is InChI=1S/C17H16INO/c18-15-9-5-4-8-14(15)17(20)19-16(13-10-11-13)12-6-2-1-3-7-12/h1-9,13,16H,10-11H2,(H,19,20)/t16-/m1/s1. The summed E-state index contributed by atoms with van der Waals surface area (Å²) in [6, 6.07) is 18.1. The van der Waals surface area contributed by atoms with Crippen LogP contribution < -0.4 is 5.32 Å². The molecule has 3 rings (SSSR count). The van der Waals surface area contributed by atoms with Gasteiger partial charge in [0.05, 0.1) is 11.6 Å². The van der Waals surface area contributed by atoms with Crippen LogP contribution >= 0.6 is 22.6 Å². The lowest BCUT2D eigenvalue weighted by molar-refractivity contribution is 0.0931. The highest BCUT2D eigenvalue weighted by Crippen LogP contribution is 2.41. The molecule has 2 nitrogen and oxygen atoms in total. The smallest absolute Gasteiger partial charge is 0.252 e. The number of carbonyl (C=O) groups excluding carboxylic acids is 1. The van der Waals surface area contributed by atoms with Crippen molar-refractivity contribution in [3.63, 3.8) is 0 Å². The number of hydrogen-bond donors (Lipinski definition) is 1. The van der Waals surface area contributed by atoms with Gasteiger partial charge in [-0.05, 0) is 59.0 Å². The zero-order valence-corrected chi connectivity index (χ0v) is 13.2. The summed E-state index contributed by atoms with van der Waals surface area (Å²) in [6.07, 6.45) is 2.40. The molecule has 1 atom stereocenters. The van der Waals surface area contributed by atoms with E-state index in [0.29, 0.717) is 5.92 Å². The van der Waals surface area contributed by atoms with Crippen molar-refractivity contribution in [2.75, 3.05) is 0 Å². The lowest BCUT2D eigenvalue weighted by atomic mass is 10.0. The van der Waals surface area contributed by atoms with Crippen LogP contribution in [-0.2, 0) is 0 Å². The molecule has 2 aromatic carbocycles. The first kappa shape index (κ1) is 13.6. The molecule has 0 bridgehead atoms. The molecule has 1 saturated carbocycles. The SMILES string of the molecule is O=C(N[C@H](c1ccccc1)C1CC1)c1ccccc1I. The largest absolute Gasteiger partial charge is 0.345 e. The first-order chi connectivity index (χ1) is 9.75. The number of amides is 1. The van der Waals surface area contributed by atoms with Crippen LogP contribution in [0.3, 0.4) is 0 Å². The highest BCUT2D eigenvalue weighted by Gasteiger charge is 2.33. The molecular formula is C17H16INO. The van der Waals surface area contributed by atoms with Gasteiger partial charge in [0.2, 0.25) is 0 Å². The molecule has 0 unspecified atom stereocenters. The first-order valence-corrected chi connectivity index (χ1v) is 7.94. The summed E-state index contributed by atoms with van der Waals surface area (Å²) in [5, 5.41) is 3.21. The van der Waals surface area contributed by atoms with E-state index in [1.54, 1.807) is 0 Å². The Labute approximate surface area is 132 Å². The van der Waals surface area contributed by atoms with Crippen molar-refractivity contribution >= 4 is 28.5 Å². The van der Waals surface area contributed by atoms with Crippen LogP contribution in [-0.4, -0.2) is 5.91 Å². The van der Waals surface area contributed by atoms with Gasteiger partial charge in [0.1, 0.15) is 0 Å². The number of hydrogen-bond acceptors (Lipinski definition) is 1. The molecule has 20 heavy (non-hydrogen) atoms. The van der Waals surface area contributed by atoms with Gasteiger partial charge in [0.15, 0.2) is 0 Å². The van der Waals surface area contributed by atoms with Crippen molar-refractivity contribution in [3.8, 4) is 0 Å². The van der Waals surface area contributed by atoms with Gasteiger partial charge in [-0.25, -0.2) is 0 Å². The van der Waals surface area contributed by atoms with E-state index in [1.807, 2.05) is 42.5 Å². The van der Waals surface area contributed by atoms with Crippen LogP contribution in [0.15, 0.2) is 54.6 Å². The Hall–Kier alpha value is -1.36. The fourth-order valence-corrected chi connectivity index (χ4v) is 3.06. The maximum absolute atomic E-state index is 12.5. The number of nitrogens with one attached hydrogen (secondary N) is 1. The van der Waals surface area contributed by atoms with Crippen molar-refractivity contribution in [1.82, 2.24) is 5.32 Å². The molecule has 0 heterocycles. The van der Waals surface area contributed by atoms with E-state index in [9.17, 15) is 4.79 Å². The van der Waals surface area contributed by atoms with E-state index >= 15 is 0 Å². The number of carbonyl (C=O) groups is 1. The van der Waals surface area contributed by atoms with Gasteiger partial charge in [-0.15, -0.1) is 0 Å². The third-order valence-corrected chi connectivity index (χ3v) is 4.60. The van der Waals surface area contributed by atoms with Gasteiger partial charge in [-0.3, -0.25) is 4.79 Å². The van der Waals surface area contributed by atoms with E-state index in [2.05, 4.69) is 40.0 Å². The molecule has 102 valence electrons. The summed E-state index contributed by atoms with van der Waals surface area (Å²) in [4.78, 5) is 12.5. The number of halogens is 1. The van der Waals surface area contributed by atoms with Crippen molar-refractivity contribution in [2.24, 2.45) is 5.92 Å². The van der Waals surface area contributed by atoms with Crippen molar-refractivity contribution < 1.29 is 4.79 Å². The average molecular weight is 377 g/mol. The van der Waals surface area contributed by atoms with E-state index < -0.39 is 0 Å². The van der Waals surface area contributed by atoms with Crippen molar-refractivity contribution in [2.45, 2.75) is 18.9 Å². The van der Waals surface area contributed by atoms with Crippen LogP contribution in [0.1, 0.15) is 34.8 Å². The predicted octanol–water partition coefficient (Wildman–Crippen LogP) is 4.17. The third kappa shape index (κ3) is 3.03. The molecule has 1 amide bonds. The second-order valence-electron chi connectivity index (χ2n) is 5.18. The molecule has 0 radical (unpaired) electrons. The Morgan fingerprint density at radius 3 is 2.35 bits per heavy atom. The fraction of sp³-hybridized carbons (Fsp3) is 0.235. The summed E-state index contributed by atoms with van der Waals surface area (Å²) in [5.41, 5.74) is 1.96. The molecule has 3 heteroatoms. The first-order valence-electron chi connectivity index (χ1n) is 6.86. The summed E-state index contributed by atoms with van der Waals surface area (Å²) in [6.45, 7) is 0. The molecule has 0 saturated heterocycles. The van der Waals surface area contributed by atoms with E-state index in [1.165, 1.54) is 18.4 Å². The zero-order chi connectivity index (χ0) is 13.9. The number of rotatable bonds is 4. The average Bonchev–Trinajstić information content (AvgIpc) is 3.30. The van der Waals surface area contributed by atoms with Gasteiger partial charge < -0.3 is 5.32 Å². The minimum absolute atomic E-state index is 0.0238. The lowest BCUT2D eigenvalue weighted by Crippen LogP contribution is -2.30. The lowest BCUT2D eigenvalue weighted by Gasteiger charge is -2.19. The van der Waals surface area contributed by atoms with Crippen LogP contribution in [0.2, 0.25) is 0 Å². The monoisotopic (exact) mass is 377 g/mol. The van der Waals surface area contributed by atoms with Gasteiger partial charge in [0, 0.05) is 3.57 Å². The van der Waals surface area contributed by atoms with Crippen molar-refractivity contribution in [3.05, 3.63) is 69.3 Å². The number of benzene rings is 2. The second kappa shape index (κ2) is 5.95. The molecule has 1 aliphatic carbocycles. The van der Waals surface area contributed by atoms with Crippen LogP contribution in [0.25, 0.3) is 0 Å². The normalized spacial score (nSPS) is 15.7. The van der Waals surface area contributed by atoms with Gasteiger partial charge in [0.25, 0.3) is 5.91 Å². The molecule has 1 fully saturated rings. The molecule has 0 aromatic heterocycles. The third-order valence-electron chi connectivity index (χ3n) is 3.66. The topological polar surface area (TPSA) is 29.1 Å². The maximum Gasteiger partial charge on any atom is 0.252 e. The second-order valence-corrected chi connectivity index (χ2v) is 6.34. The quantitative estimate of drug-likeness (QED) is 0.797. The van der Waals surface area contributed by atoms with Crippen LogP contribution in [0.5, 0.6) is 0 Å². The Balaban J connectivity index is 1.81. The van der Waals surface area contributed by atoms with Crippen molar-refractivity contribution in [1.29, 1.82) is 0 Å². The molecule has 2 aromatic rings. The zero-order valence-electron chi connectivity index (χ0n) is 11.1. The summed E-state index contributed by atoms with van der Waals surface area (Å²) < 4.78 is 0.991. The Bertz CT molecular complexity index is 607. The van der Waals surface area contributed by atoms with E-state index in [4.69, 9.17) is 0 Å². The van der Waals surface area contributed by atoms with Crippen LogP contribution in [0.4, 0.5) is 0 Å². The summed E-state index contributed by atoms with van der Waals surface area (Å²) >= 11 is 2.21. The summed E-state index contributed by atoms with van der Waals surface area (Å²) in [5.74, 6) is 0.610. The van der Waals surface area contributed by atoms with Gasteiger partial charge >= 0.3 is 0 Å². The summed E-state index contributed by atoms with van der Waals surface area (Å²) in [7, 11) is 0. The molecular weight excluding hydrogens is 361 g/mol. The van der Waals surface area contributed by atoms with E-state index in [-0.39, 0.29) is 11.9 Å². The molecule has 1 N–H and O–H groups in total. The highest BCUT2D eigenvalue weighted by molar-refractivity contribution is 14.1. The Morgan fingerprint density at radius 1 is 1.05 bits per heavy atom. The van der Waals surface area contributed by atoms with Crippen LogP contribution in [0, 0.1) is 9.49 Å². The highest BCUT2D eigenvalue weighted by atomic mass is 127. The Kier molecular flexibility index (Phi) is 4.05. The minimum Gasteiger partial charge on any atom is -0.345 e. The van der Waals surface area contributed by atoms with Gasteiger partial charge in [-0.1, -0.05) is 42.5 Å². The molecule has 1 aliphatic rings.